The Balaban J connectivity index is 2.07. The van der Waals surface area contributed by atoms with Crippen molar-refractivity contribution in [2.24, 2.45) is 11.3 Å². The van der Waals surface area contributed by atoms with Crippen molar-refractivity contribution in [2.75, 3.05) is 5.32 Å². The summed E-state index contributed by atoms with van der Waals surface area (Å²) in [6, 6.07) is 2.11. The van der Waals surface area contributed by atoms with E-state index < -0.39 is 5.41 Å². The molecule has 5 heteroatoms. The molecule has 0 saturated heterocycles. The molecule has 82 valence electrons. The van der Waals surface area contributed by atoms with Crippen molar-refractivity contribution in [2.45, 2.75) is 19.8 Å². The van der Waals surface area contributed by atoms with Crippen molar-refractivity contribution in [1.82, 2.24) is 9.97 Å². The molecular formula is C11H12N4O. The van der Waals surface area contributed by atoms with Gasteiger partial charge in [-0.05, 0) is 18.8 Å². The van der Waals surface area contributed by atoms with Gasteiger partial charge in [0.2, 0.25) is 5.91 Å². The molecule has 1 fully saturated rings. The van der Waals surface area contributed by atoms with Crippen LogP contribution in [-0.2, 0) is 4.79 Å². The first kappa shape index (κ1) is 10.6. The molecule has 0 bridgehead atoms. The van der Waals surface area contributed by atoms with Crippen molar-refractivity contribution in [1.29, 1.82) is 5.26 Å². The number of anilines is 1. The van der Waals surface area contributed by atoms with Gasteiger partial charge in [0.25, 0.3) is 0 Å². The molecule has 0 aromatic carbocycles. The zero-order valence-corrected chi connectivity index (χ0v) is 8.97. The summed E-state index contributed by atoms with van der Waals surface area (Å²) >= 11 is 0. The Kier molecular flexibility index (Phi) is 2.57. The molecule has 1 amide bonds. The molecular weight excluding hydrogens is 204 g/mol. The predicted molar refractivity (Wildman–Crippen MR) is 57.1 cm³/mol. The standard InChI is InChI=1S/C11H12N4O/c1-8-4-11(5-8,7-12)10(16)15-9-6-13-2-3-14-9/h2-3,6,8H,4-5H2,1H3,(H,14,15,16). The number of nitriles is 1. The Hall–Kier alpha value is -1.96. The van der Waals surface area contributed by atoms with Crippen LogP contribution in [0.3, 0.4) is 0 Å². The summed E-state index contributed by atoms with van der Waals surface area (Å²) < 4.78 is 0. The van der Waals surface area contributed by atoms with E-state index >= 15 is 0 Å². The second-order valence-corrected chi connectivity index (χ2v) is 4.25. The number of hydrogen-bond acceptors (Lipinski definition) is 4. The van der Waals surface area contributed by atoms with Gasteiger partial charge in [-0.1, -0.05) is 6.92 Å². The first-order chi connectivity index (χ1) is 7.66. The molecule has 0 unspecified atom stereocenters. The van der Waals surface area contributed by atoms with Crippen molar-refractivity contribution in [3.63, 3.8) is 0 Å². The quantitative estimate of drug-likeness (QED) is 0.809. The van der Waals surface area contributed by atoms with Crippen LogP contribution in [0.2, 0.25) is 0 Å². The lowest BCUT2D eigenvalue weighted by Crippen LogP contribution is -2.45. The van der Waals surface area contributed by atoms with Crippen LogP contribution < -0.4 is 5.32 Å². The van der Waals surface area contributed by atoms with Crippen LogP contribution in [-0.4, -0.2) is 15.9 Å². The highest BCUT2D eigenvalue weighted by molar-refractivity contribution is 5.97. The summed E-state index contributed by atoms with van der Waals surface area (Å²) in [6.45, 7) is 2.03. The molecule has 2 rings (SSSR count). The highest BCUT2D eigenvalue weighted by Gasteiger charge is 2.49. The molecule has 1 aliphatic carbocycles. The van der Waals surface area contributed by atoms with E-state index in [0.717, 1.165) is 0 Å². The summed E-state index contributed by atoms with van der Waals surface area (Å²) in [4.78, 5) is 19.7. The molecule has 16 heavy (non-hydrogen) atoms. The monoisotopic (exact) mass is 216 g/mol. The zero-order chi connectivity index (χ0) is 11.6. The number of hydrogen-bond donors (Lipinski definition) is 1. The summed E-state index contributed by atoms with van der Waals surface area (Å²) in [7, 11) is 0. The molecule has 0 spiro atoms. The van der Waals surface area contributed by atoms with E-state index in [1.807, 2.05) is 6.92 Å². The minimum Gasteiger partial charge on any atom is -0.308 e. The SMILES string of the molecule is CC1CC(C#N)(C(=O)Nc2cnccn2)C1. The van der Waals surface area contributed by atoms with Crippen molar-refractivity contribution in [3.05, 3.63) is 18.6 Å². The summed E-state index contributed by atoms with van der Waals surface area (Å²) in [5.41, 5.74) is -0.864. The van der Waals surface area contributed by atoms with Crippen LogP contribution >= 0.6 is 0 Å². The maximum Gasteiger partial charge on any atom is 0.246 e. The molecule has 0 atom stereocenters. The maximum atomic E-state index is 11.9. The number of aromatic nitrogens is 2. The minimum atomic E-state index is -0.864. The smallest absolute Gasteiger partial charge is 0.246 e. The van der Waals surface area contributed by atoms with E-state index in [2.05, 4.69) is 21.4 Å². The number of carbonyl (C=O) groups is 1. The number of nitrogens with one attached hydrogen (secondary N) is 1. The van der Waals surface area contributed by atoms with Gasteiger partial charge in [-0.15, -0.1) is 0 Å². The molecule has 1 heterocycles. The molecule has 0 radical (unpaired) electrons. The Labute approximate surface area is 93.5 Å². The van der Waals surface area contributed by atoms with Gasteiger partial charge in [0.1, 0.15) is 5.41 Å². The average Bonchev–Trinajstić information content (AvgIpc) is 2.25. The van der Waals surface area contributed by atoms with Crippen LogP contribution in [0.5, 0.6) is 0 Å². The fraction of sp³-hybridized carbons (Fsp3) is 0.455. The predicted octanol–water partition coefficient (Wildman–Crippen LogP) is 1.35. The third kappa shape index (κ3) is 1.74. The average molecular weight is 216 g/mol. The van der Waals surface area contributed by atoms with Gasteiger partial charge in [0.05, 0.1) is 12.3 Å². The Morgan fingerprint density at radius 3 is 2.88 bits per heavy atom. The topological polar surface area (TPSA) is 78.7 Å². The van der Waals surface area contributed by atoms with Crippen LogP contribution in [0, 0.1) is 22.7 Å². The van der Waals surface area contributed by atoms with Gasteiger partial charge < -0.3 is 5.32 Å². The molecule has 1 aromatic rings. The Morgan fingerprint density at radius 2 is 2.38 bits per heavy atom. The van der Waals surface area contributed by atoms with Gasteiger partial charge in [0.15, 0.2) is 5.82 Å². The second kappa shape index (κ2) is 3.89. The molecule has 1 aliphatic rings. The summed E-state index contributed by atoms with van der Waals surface area (Å²) in [6.07, 6.45) is 5.73. The van der Waals surface area contributed by atoms with E-state index in [0.29, 0.717) is 24.6 Å². The Morgan fingerprint density at radius 1 is 1.62 bits per heavy atom. The molecule has 5 nitrogen and oxygen atoms in total. The summed E-state index contributed by atoms with van der Waals surface area (Å²) in [5, 5.41) is 11.7. The lowest BCUT2D eigenvalue weighted by Gasteiger charge is -2.38. The van der Waals surface area contributed by atoms with Crippen LogP contribution in [0.1, 0.15) is 19.8 Å². The van der Waals surface area contributed by atoms with Crippen molar-refractivity contribution in [3.8, 4) is 6.07 Å². The molecule has 0 aliphatic heterocycles. The van der Waals surface area contributed by atoms with Gasteiger partial charge >= 0.3 is 0 Å². The first-order valence-corrected chi connectivity index (χ1v) is 5.15. The maximum absolute atomic E-state index is 11.9. The third-order valence-electron chi connectivity index (χ3n) is 2.85. The van der Waals surface area contributed by atoms with E-state index in [1.165, 1.54) is 18.6 Å². The van der Waals surface area contributed by atoms with E-state index in [1.54, 1.807) is 0 Å². The second-order valence-electron chi connectivity index (χ2n) is 4.25. The van der Waals surface area contributed by atoms with Gasteiger partial charge in [-0.2, -0.15) is 5.26 Å². The lowest BCUT2D eigenvalue weighted by molar-refractivity contribution is -0.128. The van der Waals surface area contributed by atoms with Crippen molar-refractivity contribution >= 4 is 11.7 Å². The normalized spacial score (nSPS) is 27.6. The lowest BCUT2D eigenvalue weighted by atomic mass is 9.63. The van der Waals surface area contributed by atoms with Gasteiger partial charge in [-0.25, -0.2) is 4.98 Å². The van der Waals surface area contributed by atoms with Gasteiger partial charge in [-0.3, -0.25) is 9.78 Å². The van der Waals surface area contributed by atoms with E-state index in [4.69, 9.17) is 5.26 Å². The van der Waals surface area contributed by atoms with Crippen LogP contribution in [0.25, 0.3) is 0 Å². The highest BCUT2D eigenvalue weighted by atomic mass is 16.2. The van der Waals surface area contributed by atoms with E-state index in [9.17, 15) is 4.79 Å². The van der Waals surface area contributed by atoms with Crippen LogP contribution in [0.4, 0.5) is 5.82 Å². The van der Waals surface area contributed by atoms with E-state index in [-0.39, 0.29) is 5.91 Å². The minimum absolute atomic E-state index is 0.270. The molecule has 1 saturated carbocycles. The Bertz CT molecular complexity index is 431. The molecule has 1 N–H and O–H groups in total. The van der Waals surface area contributed by atoms with Crippen molar-refractivity contribution < 1.29 is 4.79 Å². The highest BCUT2D eigenvalue weighted by Crippen LogP contribution is 2.45. The van der Waals surface area contributed by atoms with Crippen LogP contribution in [0.15, 0.2) is 18.6 Å². The fourth-order valence-electron chi connectivity index (χ4n) is 2.06. The fourth-order valence-corrected chi connectivity index (χ4v) is 2.06. The number of carbonyl (C=O) groups excluding carboxylic acids is 1. The first-order valence-electron chi connectivity index (χ1n) is 5.15. The number of rotatable bonds is 2. The number of amides is 1. The molecule has 1 aromatic heterocycles. The number of nitrogens with zero attached hydrogens (tertiary/aromatic N) is 3. The van der Waals surface area contributed by atoms with Gasteiger partial charge in [0, 0.05) is 12.4 Å². The third-order valence-corrected chi connectivity index (χ3v) is 2.85. The summed E-state index contributed by atoms with van der Waals surface area (Å²) in [5.74, 6) is 0.558. The largest absolute Gasteiger partial charge is 0.308 e. The zero-order valence-electron chi connectivity index (χ0n) is 8.97.